The van der Waals surface area contributed by atoms with Gasteiger partial charge in [0.15, 0.2) is 27.2 Å². The highest BCUT2D eigenvalue weighted by molar-refractivity contribution is 9.10. The Labute approximate surface area is 210 Å². The lowest BCUT2D eigenvalue weighted by Gasteiger charge is -2.21. The number of ether oxygens (including phenoxy) is 1. The summed E-state index contributed by atoms with van der Waals surface area (Å²) in [5.41, 5.74) is 0.475. The zero-order valence-corrected chi connectivity index (χ0v) is 21.6. The fourth-order valence-electron chi connectivity index (χ4n) is 4.03. The number of azo groups is 1. The number of hydrogen-bond acceptors (Lipinski definition) is 10. The molecule has 0 N–H and O–H groups in total. The van der Waals surface area contributed by atoms with Crippen LogP contribution in [0.15, 0.2) is 42.4 Å². The molecule has 0 saturated heterocycles. The zero-order valence-electron chi connectivity index (χ0n) is 19.2. The minimum atomic E-state index is -3.83. The third-order valence-corrected chi connectivity index (χ3v) is 8.23. The standard InChI is InChI=1S/C23H23BrN4O6S/c1-3-33-22(30)18-17(20(34-27-18)12-4-5-12)19(29)16-9-8-15(24)10-14(16)11-23(35(2,31)32)25-21(26-28-23)13-6-7-13/h8-10,12-13H,3-7,11H2,1-2H3. The Hall–Kier alpha value is -2.73. The highest BCUT2D eigenvalue weighted by Crippen LogP contribution is 2.44. The topological polar surface area (TPSA) is 141 Å². The van der Waals surface area contributed by atoms with Gasteiger partial charge >= 0.3 is 5.97 Å². The number of nitrogens with zero attached hydrogens (tertiary/aromatic N) is 4. The number of aliphatic imine (C=N–C) groups is 1. The maximum absolute atomic E-state index is 13.9. The molecule has 10 nitrogen and oxygen atoms in total. The molecule has 1 aromatic heterocycles. The first kappa shape index (κ1) is 24.0. The second-order valence-electron chi connectivity index (χ2n) is 9.03. The van der Waals surface area contributed by atoms with Gasteiger partial charge in [0, 0.05) is 34.5 Å². The fourth-order valence-corrected chi connectivity index (χ4v) is 5.30. The van der Waals surface area contributed by atoms with Gasteiger partial charge in [0.1, 0.15) is 5.56 Å². The quantitative estimate of drug-likeness (QED) is 0.328. The molecule has 0 radical (unpaired) electrons. The largest absolute Gasteiger partial charge is 0.461 e. The fraction of sp³-hybridized carbons (Fsp3) is 0.478. The number of halogens is 1. The van der Waals surface area contributed by atoms with Gasteiger partial charge in [-0.1, -0.05) is 21.1 Å². The van der Waals surface area contributed by atoms with E-state index >= 15 is 0 Å². The van der Waals surface area contributed by atoms with Gasteiger partial charge in [-0.25, -0.2) is 18.2 Å². The highest BCUT2D eigenvalue weighted by Gasteiger charge is 2.48. The van der Waals surface area contributed by atoms with E-state index < -0.39 is 26.6 Å². The molecule has 3 aliphatic rings. The third kappa shape index (κ3) is 4.49. The van der Waals surface area contributed by atoms with Crippen molar-refractivity contribution < 1.29 is 27.3 Å². The van der Waals surface area contributed by atoms with Crippen LogP contribution in [0.25, 0.3) is 0 Å². The van der Waals surface area contributed by atoms with Crippen molar-refractivity contribution in [3.63, 3.8) is 0 Å². The summed E-state index contributed by atoms with van der Waals surface area (Å²) in [6.45, 7) is 1.77. The molecule has 184 valence electrons. The van der Waals surface area contributed by atoms with Crippen LogP contribution in [0.2, 0.25) is 0 Å². The number of hydrogen-bond donors (Lipinski definition) is 0. The van der Waals surface area contributed by atoms with E-state index in [4.69, 9.17) is 9.26 Å². The van der Waals surface area contributed by atoms with Crippen LogP contribution < -0.4 is 0 Å². The van der Waals surface area contributed by atoms with Gasteiger partial charge in [0.05, 0.1) is 6.61 Å². The van der Waals surface area contributed by atoms with Gasteiger partial charge in [-0.15, -0.1) is 10.2 Å². The van der Waals surface area contributed by atoms with E-state index in [-0.39, 0.29) is 41.7 Å². The van der Waals surface area contributed by atoms with Gasteiger partial charge in [-0.3, -0.25) is 4.79 Å². The number of ketones is 1. The molecule has 1 aliphatic heterocycles. The molecule has 1 atom stereocenters. The molecule has 35 heavy (non-hydrogen) atoms. The first-order chi connectivity index (χ1) is 16.6. The average Bonchev–Trinajstić information content (AvgIpc) is 3.73. The van der Waals surface area contributed by atoms with Crippen LogP contribution in [0.4, 0.5) is 0 Å². The van der Waals surface area contributed by atoms with Crippen molar-refractivity contribution in [2.24, 2.45) is 21.1 Å². The average molecular weight is 563 g/mol. The van der Waals surface area contributed by atoms with Crippen LogP contribution in [0, 0.1) is 5.92 Å². The molecule has 5 rings (SSSR count). The summed E-state index contributed by atoms with van der Waals surface area (Å²) in [5.74, 6) is -0.349. The molecule has 1 aromatic carbocycles. The van der Waals surface area contributed by atoms with Gasteiger partial charge in [-0.05, 0) is 56.4 Å². The number of aromatic nitrogens is 1. The predicted molar refractivity (Wildman–Crippen MR) is 128 cm³/mol. The summed E-state index contributed by atoms with van der Waals surface area (Å²) in [5, 5.41) is 12.0. The Balaban J connectivity index is 1.59. The molecule has 0 amide bonds. The van der Waals surface area contributed by atoms with Crippen LogP contribution in [0.1, 0.15) is 76.3 Å². The van der Waals surface area contributed by atoms with Gasteiger partial charge in [0.25, 0.3) is 4.99 Å². The van der Waals surface area contributed by atoms with Gasteiger partial charge < -0.3 is 9.26 Å². The summed E-state index contributed by atoms with van der Waals surface area (Å²) in [7, 11) is -3.83. The summed E-state index contributed by atoms with van der Waals surface area (Å²) in [6.07, 6.45) is 4.31. The second-order valence-corrected chi connectivity index (χ2v) is 12.1. The number of sulfone groups is 1. The van der Waals surface area contributed by atoms with Crippen molar-refractivity contribution in [3.8, 4) is 0 Å². The molecule has 0 bridgehead atoms. The lowest BCUT2D eigenvalue weighted by molar-refractivity contribution is 0.0512. The van der Waals surface area contributed by atoms with Crippen molar-refractivity contribution in [2.75, 3.05) is 12.9 Å². The molecular weight excluding hydrogens is 540 g/mol. The van der Waals surface area contributed by atoms with Crippen molar-refractivity contribution in [1.29, 1.82) is 0 Å². The monoisotopic (exact) mass is 562 g/mol. The van der Waals surface area contributed by atoms with Crippen molar-refractivity contribution >= 4 is 43.4 Å². The lowest BCUT2D eigenvalue weighted by Crippen LogP contribution is -2.35. The van der Waals surface area contributed by atoms with Crippen LogP contribution >= 0.6 is 15.9 Å². The maximum atomic E-state index is 13.9. The maximum Gasteiger partial charge on any atom is 0.361 e. The molecule has 2 aromatic rings. The Kier molecular flexibility index (Phi) is 5.99. The normalized spacial score (nSPS) is 21.7. The smallest absolute Gasteiger partial charge is 0.361 e. The van der Waals surface area contributed by atoms with Gasteiger partial charge in [0.2, 0.25) is 5.69 Å². The minimum Gasteiger partial charge on any atom is -0.461 e. The number of esters is 1. The number of rotatable bonds is 9. The van der Waals surface area contributed by atoms with E-state index in [0.29, 0.717) is 21.6 Å². The van der Waals surface area contributed by atoms with Crippen LogP contribution in [0.5, 0.6) is 0 Å². The molecular formula is C23H23BrN4O6S. The summed E-state index contributed by atoms with van der Waals surface area (Å²) in [6, 6.07) is 4.91. The highest BCUT2D eigenvalue weighted by atomic mass is 79.9. The van der Waals surface area contributed by atoms with Crippen molar-refractivity contribution in [2.45, 2.75) is 49.9 Å². The minimum absolute atomic E-state index is 0.000203. The van der Waals surface area contributed by atoms with Crippen LogP contribution in [-0.4, -0.2) is 49.0 Å². The van der Waals surface area contributed by atoms with E-state index in [1.807, 2.05) is 0 Å². The van der Waals surface area contributed by atoms with Crippen LogP contribution in [0.3, 0.4) is 0 Å². The molecule has 2 fully saturated rings. The molecule has 1 unspecified atom stereocenters. The number of carbonyl (C=O) groups excluding carboxylic acids is 2. The van der Waals surface area contributed by atoms with E-state index in [9.17, 15) is 18.0 Å². The van der Waals surface area contributed by atoms with E-state index in [1.165, 1.54) is 0 Å². The first-order valence-corrected chi connectivity index (χ1v) is 14.0. The van der Waals surface area contributed by atoms with Crippen molar-refractivity contribution in [3.05, 3.63) is 50.8 Å². The number of carbonyl (C=O) groups is 2. The lowest BCUT2D eigenvalue weighted by atomic mass is 9.93. The molecule has 2 saturated carbocycles. The van der Waals surface area contributed by atoms with Crippen molar-refractivity contribution in [1.82, 2.24) is 5.16 Å². The molecule has 12 heteroatoms. The second kappa shape index (κ2) is 8.74. The summed E-state index contributed by atoms with van der Waals surface area (Å²) >= 11 is 3.41. The Morgan fingerprint density at radius 1 is 1.20 bits per heavy atom. The zero-order chi connectivity index (χ0) is 25.0. The first-order valence-electron chi connectivity index (χ1n) is 11.4. The van der Waals surface area contributed by atoms with Crippen LogP contribution in [-0.2, 0) is 21.0 Å². The molecule has 0 spiro atoms. The summed E-state index contributed by atoms with van der Waals surface area (Å²) in [4.78, 5) is 29.0. The Morgan fingerprint density at radius 3 is 2.54 bits per heavy atom. The summed E-state index contributed by atoms with van der Waals surface area (Å²) < 4.78 is 36.9. The van der Waals surface area contributed by atoms with Gasteiger partial charge in [-0.2, -0.15) is 0 Å². The number of amidine groups is 1. The number of benzene rings is 1. The third-order valence-electron chi connectivity index (χ3n) is 6.23. The molecule has 2 aliphatic carbocycles. The van der Waals surface area contributed by atoms with E-state index in [0.717, 1.165) is 31.9 Å². The van der Waals surface area contributed by atoms with E-state index in [2.05, 4.69) is 36.3 Å². The Bertz CT molecular complexity index is 1390. The SMILES string of the molecule is CCOC(=O)c1noc(C2CC2)c1C(=O)c1ccc(Br)cc1CC1(S(C)(=O)=O)N=NC(C2CC2)=N1. The predicted octanol–water partition coefficient (Wildman–Crippen LogP) is 4.24. The van der Waals surface area contributed by atoms with E-state index in [1.54, 1.807) is 25.1 Å². The molecule has 2 heterocycles. The Morgan fingerprint density at radius 2 is 1.91 bits per heavy atom.